The molecule has 2 aromatic carbocycles. The molecule has 0 aliphatic carbocycles. The average Bonchev–Trinajstić information content (AvgIpc) is 2.60. The normalized spacial score (nSPS) is 11.7. The van der Waals surface area contributed by atoms with Crippen LogP contribution in [0.25, 0.3) is 43.9 Å². The van der Waals surface area contributed by atoms with E-state index in [9.17, 15) is 0 Å². The minimum absolute atomic E-state index is 0.870. The van der Waals surface area contributed by atoms with Gasteiger partial charge in [-0.3, -0.25) is 9.97 Å². The highest BCUT2D eigenvalue weighted by Crippen LogP contribution is 2.31. The van der Waals surface area contributed by atoms with Gasteiger partial charge < -0.3 is 0 Å². The minimum atomic E-state index is 0.870. The Morgan fingerprint density at radius 3 is 1.91 bits per heavy atom. The minimum Gasteiger partial charge on any atom is -0.254 e. The second-order valence-corrected chi connectivity index (χ2v) is 6.60. The van der Waals surface area contributed by atoms with Crippen LogP contribution >= 0.6 is 22.6 Å². The summed E-state index contributed by atoms with van der Waals surface area (Å²) in [5.74, 6) is 0. The Hall–Kier alpha value is -2.41. The summed E-state index contributed by atoms with van der Waals surface area (Å²) < 4.78 is 1.15. The highest BCUT2D eigenvalue weighted by atomic mass is 127. The molecule has 0 saturated heterocycles. The standard InChI is InChI=1S/C18H9IN4/c19-10-5-6-13-14(9-10)23-18-12-4-2-8-21-16(12)15-11(17(18)22-13)3-1-7-20-15/h1-9H. The Labute approximate surface area is 144 Å². The third-order valence-corrected chi connectivity index (χ3v) is 4.65. The lowest BCUT2D eigenvalue weighted by atomic mass is 10.1. The molecule has 0 amide bonds. The van der Waals surface area contributed by atoms with Crippen molar-refractivity contribution < 1.29 is 0 Å². The lowest BCUT2D eigenvalue weighted by molar-refractivity contribution is 1.36. The topological polar surface area (TPSA) is 51.6 Å². The van der Waals surface area contributed by atoms with Crippen molar-refractivity contribution in [1.29, 1.82) is 0 Å². The van der Waals surface area contributed by atoms with Crippen LogP contribution in [-0.2, 0) is 0 Å². The number of benzene rings is 2. The molecular weight excluding hydrogens is 399 g/mol. The van der Waals surface area contributed by atoms with Crippen LogP contribution < -0.4 is 0 Å². The Balaban J connectivity index is 2.14. The number of halogens is 1. The van der Waals surface area contributed by atoms with Crippen LogP contribution in [0, 0.1) is 3.57 Å². The van der Waals surface area contributed by atoms with Gasteiger partial charge in [-0.1, -0.05) is 0 Å². The van der Waals surface area contributed by atoms with E-state index in [-0.39, 0.29) is 0 Å². The fourth-order valence-corrected chi connectivity index (χ4v) is 3.45. The molecule has 0 aliphatic rings. The third kappa shape index (κ3) is 1.89. The van der Waals surface area contributed by atoms with Gasteiger partial charge in [0, 0.05) is 26.7 Å². The molecule has 0 spiro atoms. The zero-order chi connectivity index (χ0) is 15.4. The number of aromatic nitrogens is 4. The van der Waals surface area contributed by atoms with Gasteiger partial charge in [0.2, 0.25) is 0 Å². The highest BCUT2D eigenvalue weighted by molar-refractivity contribution is 14.1. The van der Waals surface area contributed by atoms with Gasteiger partial charge in [-0.15, -0.1) is 0 Å². The highest BCUT2D eigenvalue weighted by Gasteiger charge is 2.13. The van der Waals surface area contributed by atoms with E-state index in [1.807, 2.05) is 36.4 Å². The Kier molecular flexibility index (Phi) is 2.72. The van der Waals surface area contributed by atoms with Gasteiger partial charge in [-0.05, 0) is 65.1 Å². The van der Waals surface area contributed by atoms with Crippen molar-refractivity contribution in [2.75, 3.05) is 0 Å². The molecule has 0 unspecified atom stereocenters. The molecule has 23 heavy (non-hydrogen) atoms. The first-order valence-electron chi connectivity index (χ1n) is 7.20. The lowest BCUT2D eigenvalue weighted by Crippen LogP contribution is -1.93. The summed E-state index contributed by atoms with van der Waals surface area (Å²) in [4.78, 5) is 18.8. The largest absolute Gasteiger partial charge is 0.254 e. The zero-order valence-electron chi connectivity index (χ0n) is 11.9. The molecule has 5 heteroatoms. The van der Waals surface area contributed by atoms with E-state index in [0.717, 1.165) is 47.4 Å². The van der Waals surface area contributed by atoms with Crippen molar-refractivity contribution in [3.05, 3.63) is 58.4 Å². The monoisotopic (exact) mass is 408 g/mol. The molecular formula is C18H9IN4. The van der Waals surface area contributed by atoms with Gasteiger partial charge in [0.05, 0.1) is 33.1 Å². The van der Waals surface area contributed by atoms with Gasteiger partial charge in [-0.2, -0.15) is 0 Å². The summed E-state index contributed by atoms with van der Waals surface area (Å²) in [6.07, 6.45) is 3.58. The maximum Gasteiger partial charge on any atom is 0.0996 e. The molecule has 0 radical (unpaired) electrons. The van der Waals surface area contributed by atoms with Crippen LogP contribution in [0.3, 0.4) is 0 Å². The van der Waals surface area contributed by atoms with E-state index < -0.39 is 0 Å². The molecule has 3 heterocycles. The molecule has 3 aromatic heterocycles. The van der Waals surface area contributed by atoms with Crippen LogP contribution in [0.2, 0.25) is 0 Å². The van der Waals surface area contributed by atoms with Crippen LogP contribution in [0.1, 0.15) is 0 Å². The summed E-state index contributed by atoms with van der Waals surface area (Å²) >= 11 is 2.29. The average molecular weight is 408 g/mol. The summed E-state index contributed by atoms with van der Waals surface area (Å²) in [5, 5.41) is 1.98. The first-order chi connectivity index (χ1) is 11.3. The number of hydrogen-bond acceptors (Lipinski definition) is 4. The molecule has 0 aliphatic heterocycles. The molecule has 0 atom stereocenters. The third-order valence-electron chi connectivity index (χ3n) is 3.98. The summed E-state index contributed by atoms with van der Waals surface area (Å²) in [6, 6.07) is 14.0. The Bertz CT molecular complexity index is 1230. The first-order valence-corrected chi connectivity index (χ1v) is 8.27. The van der Waals surface area contributed by atoms with Crippen LogP contribution in [0.5, 0.6) is 0 Å². The van der Waals surface area contributed by atoms with Gasteiger partial charge in [0.15, 0.2) is 0 Å². The van der Waals surface area contributed by atoms with E-state index in [1.165, 1.54) is 0 Å². The van der Waals surface area contributed by atoms with Crippen LogP contribution in [0.15, 0.2) is 54.9 Å². The van der Waals surface area contributed by atoms with E-state index in [2.05, 4.69) is 38.6 Å². The molecule has 0 N–H and O–H groups in total. The number of hydrogen-bond donors (Lipinski definition) is 0. The first kappa shape index (κ1) is 13.1. The van der Waals surface area contributed by atoms with Crippen molar-refractivity contribution in [3.63, 3.8) is 0 Å². The van der Waals surface area contributed by atoms with Crippen LogP contribution in [0.4, 0.5) is 0 Å². The Morgan fingerprint density at radius 2 is 1.26 bits per heavy atom. The molecule has 0 saturated carbocycles. The van der Waals surface area contributed by atoms with Gasteiger partial charge in [-0.25, -0.2) is 9.97 Å². The van der Waals surface area contributed by atoms with Crippen molar-refractivity contribution in [3.8, 4) is 0 Å². The number of pyridine rings is 2. The summed E-state index contributed by atoms with van der Waals surface area (Å²) in [5.41, 5.74) is 5.29. The summed E-state index contributed by atoms with van der Waals surface area (Å²) in [6.45, 7) is 0. The molecule has 108 valence electrons. The SMILES string of the molecule is Ic1ccc2nc3c4cccnc4c4ncccc4c3nc2c1. The maximum atomic E-state index is 4.88. The molecule has 0 fully saturated rings. The van der Waals surface area contributed by atoms with Gasteiger partial charge >= 0.3 is 0 Å². The predicted octanol–water partition coefficient (Wildman–Crippen LogP) is 4.48. The van der Waals surface area contributed by atoms with Crippen LogP contribution in [-0.4, -0.2) is 19.9 Å². The van der Waals surface area contributed by atoms with Crippen molar-refractivity contribution >= 4 is 66.5 Å². The second-order valence-electron chi connectivity index (χ2n) is 5.35. The van der Waals surface area contributed by atoms with E-state index in [0.29, 0.717) is 0 Å². The molecule has 0 bridgehead atoms. The number of nitrogens with zero attached hydrogens (tertiary/aromatic N) is 4. The smallest absolute Gasteiger partial charge is 0.0996 e. The molecule has 5 aromatic rings. The van der Waals surface area contributed by atoms with E-state index in [1.54, 1.807) is 12.4 Å². The quantitative estimate of drug-likeness (QED) is 0.215. The summed E-state index contributed by atoms with van der Waals surface area (Å²) in [7, 11) is 0. The van der Waals surface area contributed by atoms with Crippen molar-refractivity contribution in [2.24, 2.45) is 0 Å². The van der Waals surface area contributed by atoms with E-state index in [4.69, 9.17) is 9.97 Å². The van der Waals surface area contributed by atoms with E-state index >= 15 is 0 Å². The fourth-order valence-electron chi connectivity index (χ4n) is 2.97. The van der Waals surface area contributed by atoms with Crippen molar-refractivity contribution in [2.45, 2.75) is 0 Å². The zero-order valence-corrected chi connectivity index (χ0v) is 14.0. The second kappa shape index (κ2) is 4.79. The predicted molar refractivity (Wildman–Crippen MR) is 100 cm³/mol. The van der Waals surface area contributed by atoms with Gasteiger partial charge in [0.1, 0.15) is 0 Å². The van der Waals surface area contributed by atoms with Gasteiger partial charge in [0.25, 0.3) is 0 Å². The molecule has 4 nitrogen and oxygen atoms in total. The maximum absolute atomic E-state index is 4.88. The Morgan fingerprint density at radius 1 is 0.652 bits per heavy atom. The van der Waals surface area contributed by atoms with Crippen molar-refractivity contribution in [1.82, 2.24) is 19.9 Å². The molecule has 5 rings (SSSR count). The number of rotatable bonds is 0. The number of fused-ring (bicyclic) bond motifs is 7. The lowest BCUT2D eigenvalue weighted by Gasteiger charge is -2.08. The fraction of sp³-hybridized carbons (Fsp3) is 0.